The molecule has 0 fully saturated rings. The van der Waals surface area contributed by atoms with Gasteiger partial charge in [-0.15, -0.1) is 0 Å². The van der Waals surface area contributed by atoms with E-state index in [9.17, 15) is 19.0 Å². The minimum absolute atomic E-state index is 0.0510. The molecule has 56 heavy (non-hydrogen) atoms. The van der Waals surface area contributed by atoms with Crippen LogP contribution in [0, 0.1) is 0 Å². The van der Waals surface area contributed by atoms with Gasteiger partial charge in [0.15, 0.2) is 6.10 Å². The molecule has 0 bridgehead atoms. The molecule has 10 heteroatoms. The van der Waals surface area contributed by atoms with E-state index in [1.165, 1.54) is 38.5 Å². The van der Waals surface area contributed by atoms with Gasteiger partial charge in [-0.3, -0.25) is 14.2 Å². The number of hydrogen-bond acceptors (Lipinski definition) is 8. The molecule has 0 amide bonds. The van der Waals surface area contributed by atoms with E-state index in [-0.39, 0.29) is 26.1 Å². The van der Waals surface area contributed by atoms with E-state index in [1.54, 1.807) is 0 Å². The molecule has 0 aromatic carbocycles. The normalized spacial score (nSPS) is 14.5. The monoisotopic (exact) mass is 804 g/mol. The second-order valence-electron chi connectivity index (χ2n) is 15.0. The lowest BCUT2D eigenvalue weighted by atomic mass is 10.1. The maximum absolute atomic E-state index is 12.6. The Morgan fingerprint density at radius 3 is 1.59 bits per heavy atom. The molecule has 320 valence electrons. The quantitative estimate of drug-likeness (QED) is 0.0201. The first kappa shape index (κ1) is 53.2. The summed E-state index contributed by atoms with van der Waals surface area (Å²) >= 11 is 0. The molecule has 1 unspecified atom stereocenters. The summed E-state index contributed by atoms with van der Waals surface area (Å²) in [5.41, 5.74) is 0. The van der Waals surface area contributed by atoms with Crippen LogP contribution in [0.4, 0.5) is 0 Å². The lowest BCUT2D eigenvalue weighted by Crippen LogP contribution is -2.37. The average molecular weight is 804 g/mol. The van der Waals surface area contributed by atoms with Gasteiger partial charge >= 0.3 is 11.9 Å². The topological polar surface area (TPSA) is 111 Å². The highest BCUT2D eigenvalue weighted by Crippen LogP contribution is 2.38. The molecule has 0 aromatic heterocycles. The number of carbonyl (C=O) groups is 2. The largest absolute Gasteiger partial charge is 0.756 e. The molecule has 0 rings (SSSR count). The highest BCUT2D eigenvalue weighted by atomic mass is 31.2. The van der Waals surface area contributed by atoms with Crippen molar-refractivity contribution in [3.05, 3.63) is 85.1 Å². The molecule has 0 N–H and O–H groups in total. The molecule has 2 atom stereocenters. The number of quaternary nitrogens is 1. The smallest absolute Gasteiger partial charge is 0.306 e. The Balaban J connectivity index is 4.56. The number of ether oxygens (including phenoxy) is 2. The molecule has 0 heterocycles. The molecule has 0 radical (unpaired) electrons. The van der Waals surface area contributed by atoms with Crippen LogP contribution >= 0.6 is 7.82 Å². The van der Waals surface area contributed by atoms with Crippen LogP contribution in [0.2, 0.25) is 0 Å². The van der Waals surface area contributed by atoms with Gasteiger partial charge in [0.25, 0.3) is 7.82 Å². The van der Waals surface area contributed by atoms with E-state index in [2.05, 4.69) is 86.8 Å². The summed E-state index contributed by atoms with van der Waals surface area (Å²) in [5.74, 6) is -0.961. The molecule has 0 aliphatic rings. The Hall–Kier alpha value is -2.81. The number of phosphoric acid groups is 1. The van der Waals surface area contributed by atoms with Crippen LogP contribution in [0.5, 0.6) is 0 Å². The number of rotatable bonds is 37. The first-order chi connectivity index (χ1) is 27.0. The fourth-order valence-electron chi connectivity index (χ4n) is 5.08. The van der Waals surface area contributed by atoms with Crippen molar-refractivity contribution in [2.45, 2.75) is 148 Å². The van der Waals surface area contributed by atoms with E-state index in [0.29, 0.717) is 23.9 Å². The van der Waals surface area contributed by atoms with E-state index in [0.717, 1.165) is 64.2 Å². The summed E-state index contributed by atoms with van der Waals surface area (Å²) in [5, 5.41) is 0. The number of esters is 2. The zero-order valence-corrected chi connectivity index (χ0v) is 36.7. The first-order valence-corrected chi connectivity index (χ1v) is 22.8. The molecular formula is C46H78NO8P. The van der Waals surface area contributed by atoms with E-state index in [4.69, 9.17) is 18.5 Å². The molecule has 0 spiro atoms. The minimum Gasteiger partial charge on any atom is -0.756 e. The molecular weight excluding hydrogens is 725 g/mol. The zero-order valence-electron chi connectivity index (χ0n) is 35.8. The van der Waals surface area contributed by atoms with E-state index >= 15 is 0 Å². The minimum atomic E-state index is -4.65. The predicted octanol–water partition coefficient (Wildman–Crippen LogP) is 11.4. The van der Waals surface area contributed by atoms with Crippen LogP contribution in [-0.2, 0) is 32.7 Å². The van der Waals surface area contributed by atoms with Gasteiger partial charge < -0.3 is 27.9 Å². The molecule has 0 aliphatic heterocycles. The van der Waals surface area contributed by atoms with Gasteiger partial charge in [0, 0.05) is 12.8 Å². The lowest BCUT2D eigenvalue weighted by Gasteiger charge is -2.28. The number of carbonyl (C=O) groups excluding carboxylic acids is 2. The molecule has 0 aromatic rings. The van der Waals surface area contributed by atoms with Crippen molar-refractivity contribution in [2.75, 3.05) is 47.5 Å². The van der Waals surface area contributed by atoms with Crippen LogP contribution in [0.1, 0.15) is 142 Å². The van der Waals surface area contributed by atoms with Crippen LogP contribution < -0.4 is 4.89 Å². The summed E-state index contributed by atoms with van der Waals surface area (Å²) in [7, 11) is 1.10. The Morgan fingerprint density at radius 2 is 1.05 bits per heavy atom. The second-order valence-corrected chi connectivity index (χ2v) is 16.4. The molecule has 0 saturated carbocycles. The van der Waals surface area contributed by atoms with Gasteiger partial charge in [0.2, 0.25) is 0 Å². The maximum Gasteiger partial charge on any atom is 0.306 e. The fourth-order valence-corrected chi connectivity index (χ4v) is 5.81. The van der Waals surface area contributed by atoms with Crippen LogP contribution in [0.3, 0.4) is 0 Å². The summed E-state index contributed by atoms with van der Waals surface area (Å²) in [6, 6.07) is 0. The lowest BCUT2D eigenvalue weighted by molar-refractivity contribution is -0.870. The van der Waals surface area contributed by atoms with Crippen molar-refractivity contribution < 1.29 is 42.1 Å². The van der Waals surface area contributed by atoms with Crippen LogP contribution in [-0.4, -0.2) is 70.0 Å². The average Bonchev–Trinajstić information content (AvgIpc) is 3.15. The van der Waals surface area contributed by atoms with Crippen molar-refractivity contribution in [2.24, 2.45) is 0 Å². The van der Waals surface area contributed by atoms with Gasteiger partial charge in [0.05, 0.1) is 27.7 Å². The SMILES string of the molecule is CC/C=C/C/C=C/C/C=C/C/C=C/C/C=C/C/C=C/CCC(=O)O[C@H](COC(=O)CCCCC/C=C/CCCCCCCC)COP(=O)([O-])OCC[N+](C)(C)C. The number of unbranched alkanes of at least 4 members (excludes halogenated alkanes) is 9. The van der Waals surface area contributed by atoms with Crippen LogP contribution in [0.25, 0.3) is 0 Å². The summed E-state index contributed by atoms with van der Waals surface area (Å²) in [6.45, 7) is 3.97. The van der Waals surface area contributed by atoms with Gasteiger partial charge in [0.1, 0.15) is 19.8 Å². The molecule has 0 aliphatic carbocycles. The highest BCUT2D eigenvalue weighted by Gasteiger charge is 2.21. The van der Waals surface area contributed by atoms with Gasteiger partial charge in [-0.1, -0.05) is 137 Å². The van der Waals surface area contributed by atoms with Crippen molar-refractivity contribution in [1.29, 1.82) is 0 Å². The zero-order chi connectivity index (χ0) is 41.4. The summed E-state index contributed by atoms with van der Waals surface area (Å²) in [6.07, 6.45) is 47.7. The standard InChI is InChI=1S/C46H78NO8P/c1-6-8-10-12-14-16-18-20-21-22-23-24-25-27-29-31-33-35-37-39-46(49)55-44(43-54-56(50,51)53-41-40-47(3,4)5)42-52-45(48)38-36-34-32-30-28-26-19-17-15-13-11-9-7-2/h8,10,14,16,20-21,23-24,26-29,33,35,44H,6-7,9,11-13,15,17-19,22,25,30-32,34,36-43H2,1-5H3/b10-8+,16-14+,21-20+,24-23+,28-26+,29-27+,35-33+/t44-/m1/s1. The number of likely N-dealkylation sites (N-methyl/N-ethyl adjacent to an activating group) is 1. The van der Waals surface area contributed by atoms with Crippen molar-refractivity contribution >= 4 is 19.8 Å². The fraction of sp³-hybridized carbons (Fsp3) is 0.652. The van der Waals surface area contributed by atoms with Gasteiger partial charge in [-0.2, -0.15) is 0 Å². The Morgan fingerprint density at radius 1 is 0.571 bits per heavy atom. The van der Waals surface area contributed by atoms with Crippen molar-refractivity contribution in [3.63, 3.8) is 0 Å². The first-order valence-electron chi connectivity index (χ1n) is 21.3. The number of allylic oxidation sites excluding steroid dienone is 14. The Labute approximate surface area is 341 Å². The van der Waals surface area contributed by atoms with E-state index in [1.807, 2.05) is 33.3 Å². The number of hydrogen-bond donors (Lipinski definition) is 0. The second kappa shape index (κ2) is 37.7. The Bertz CT molecular complexity index is 1230. The van der Waals surface area contributed by atoms with Crippen molar-refractivity contribution in [3.8, 4) is 0 Å². The third-order valence-electron chi connectivity index (χ3n) is 8.41. The predicted molar refractivity (Wildman–Crippen MR) is 231 cm³/mol. The molecule has 9 nitrogen and oxygen atoms in total. The Kier molecular flexibility index (Phi) is 35.9. The van der Waals surface area contributed by atoms with Crippen LogP contribution in [0.15, 0.2) is 85.1 Å². The number of nitrogens with zero attached hydrogens (tertiary/aromatic N) is 1. The summed E-state index contributed by atoms with van der Waals surface area (Å²) < 4.78 is 33.7. The third-order valence-corrected chi connectivity index (χ3v) is 9.38. The molecule has 0 saturated heterocycles. The summed E-state index contributed by atoms with van der Waals surface area (Å²) in [4.78, 5) is 37.4. The van der Waals surface area contributed by atoms with E-state index < -0.39 is 32.5 Å². The van der Waals surface area contributed by atoms with Crippen molar-refractivity contribution in [1.82, 2.24) is 0 Å². The van der Waals surface area contributed by atoms with Gasteiger partial charge in [-0.25, -0.2) is 0 Å². The highest BCUT2D eigenvalue weighted by molar-refractivity contribution is 7.45. The number of phosphoric ester groups is 1. The maximum atomic E-state index is 12.6. The third kappa shape index (κ3) is 40.8. The van der Waals surface area contributed by atoms with Gasteiger partial charge in [-0.05, 0) is 77.0 Å².